The summed E-state index contributed by atoms with van der Waals surface area (Å²) in [6, 6.07) is 12.4. The number of aromatic nitrogens is 1. The Morgan fingerprint density at radius 2 is 1.97 bits per heavy atom. The Hall–Kier alpha value is -2.23. The molecule has 0 bridgehead atoms. The van der Waals surface area contributed by atoms with Crippen LogP contribution in [0.3, 0.4) is 0 Å². The highest BCUT2D eigenvalue weighted by Crippen LogP contribution is 2.48. The van der Waals surface area contributed by atoms with Crippen molar-refractivity contribution >= 4 is 0 Å². The SMILES string of the molecule is Cc1cccc(C[C@@H](O)C=C[C@@H]2[C@H]3CC(CCc4ccncc4)=C[C@H]3C[C@H]2O)c1. The summed E-state index contributed by atoms with van der Waals surface area (Å²) in [6.45, 7) is 2.07. The quantitative estimate of drug-likeness (QED) is 0.689. The topological polar surface area (TPSA) is 53.4 Å². The van der Waals surface area contributed by atoms with Crippen LogP contribution in [-0.2, 0) is 12.8 Å². The van der Waals surface area contributed by atoms with Crippen LogP contribution in [0.2, 0.25) is 0 Å². The van der Waals surface area contributed by atoms with Crippen LogP contribution in [0.15, 0.2) is 72.6 Å². The summed E-state index contributed by atoms with van der Waals surface area (Å²) in [5.74, 6) is 1.09. The maximum Gasteiger partial charge on any atom is 0.0761 e. The lowest BCUT2D eigenvalue weighted by Gasteiger charge is -2.19. The van der Waals surface area contributed by atoms with Crippen molar-refractivity contribution in [3.05, 3.63) is 89.3 Å². The summed E-state index contributed by atoms with van der Waals surface area (Å²) >= 11 is 0. The van der Waals surface area contributed by atoms with E-state index in [9.17, 15) is 10.2 Å². The molecule has 1 heterocycles. The normalized spacial score (nSPS) is 27.2. The number of fused-ring (bicyclic) bond motifs is 1. The molecule has 1 saturated carbocycles. The second-order valence-corrected chi connectivity index (χ2v) is 8.74. The smallest absolute Gasteiger partial charge is 0.0761 e. The average Bonchev–Trinajstić information content (AvgIpc) is 3.22. The average molecular weight is 390 g/mol. The molecular formula is C26H31NO2. The van der Waals surface area contributed by atoms with Gasteiger partial charge in [-0.05, 0) is 67.7 Å². The lowest BCUT2D eigenvalue weighted by atomic mass is 9.88. The Balaban J connectivity index is 1.33. The molecule has 1 aromatic carbocycles. The van der Waals surface area contributed by atoms with Gasteiger partial charge in [-0.3, -0.25) is 4.98 Å². The maximum absolute atomic E-state index is 10.6. The fourth-order valence-corrected chi connectivity index (χ4v) is 5.05. The van der Waals surface area contributed by atoms with Crippen LogP contribution in [0.4, 0.5) is 0 Å². The standard InChI is InChI=1S/C26H31NO2/c1-18-3-2-4-20(13-18)15-23(28)7-8-24-25-16-21(14-22(25)17-26(24)29)6-5-19-9-11-27-12-10-19/h2-4,7-14,22-26,28-29H,5-6,15-17H2,1H3/t22-,23-,24+,25-,26+/m0/s1. The van der Waals surface area contributed by atoms with Gasteiger partial charge in [0.2, 0.25) is 0 Å². The second-order valence-electron chi connectivity index (χ2n) is 8.74. The van der Waals surface area contributed by atoms with Crippen molar-refractivity contribution < 1.29 is 10.2 Å². The minimum Gasteiger partial charge on any atom is -0.392 e. The zero-order valence-corrected chi connectivity index (χ0v) is 17.1. The number of aryl methyl sites for hydroxylation is 2. The highest BCUT2D eigenvalue weighted by molar-refractivity contribution is 5.25. The first-order valence-corrected chi connectivity index (χ1v) is 10.8. The number of benzene rings is 1. The molecule has 152 valence electrons. The van der Waals surface area contributed by atoms with Crippen molar-refractivity contribution in [2.24, 2.45) is 17.8 Å². The molecule has 2 N–H and O–H groups in total. The predicted octanol–water partition coefficient (Wildman–Crippen LogP) is 4.43. The second kappa shape index (κ2) is 9.06. The summed E-state index contributed by atoms with van der Waals surface area (Å²) in [4.78, 5) is 4.08. The highest BCUT2D eigenvalue weighted by atomic mass is 16.3. The van der Waals surface area contributed by atoms with Gasteiger partial charge in [-0.1, -0.05) is 53.6 Å². The first-order valence-electron chi connectivity index (χ1n) is 10.8. The highest BCUT2D eigenvalue weighted by Gasteiger charge is 2.43. The summed E-state index contributed by atoms with van der Waals surface area (Å²) in [7, 11) is 0. The minimum absolute atomic E-state index is 0.141. The monoisotopic (exact) mass is 389 g/mol. The molecule has 0 saturated heterocycles. The van der Waals surface area contributed by atoms with Gasteiger partial charge in [-0.15, -0.1) is 0 Å². The number of aliphatic hydroxyl groups excluding tert-OH is 2. The van der Waals surface area contributed by atoms with Crippen LogP contribution in [0, 0.1) is 24.7 Å². The largest absolute Gasteiger partial charge is 0.392 e. The van der Waals surface area contributed by atoms with E-state index in [1.807, 2.05) is 24.5 Å². The van der Waals surface area contributed by atoms with Crippen molar-refractivity contribution in [1.29, 1.82) is 0 Å². The Morgan fingerprint density at radius 1 is 1.14 bits per heavy atom. The molecule has 3 heteroatoms. The van der Waals surface area contributed by atoms with Crippen LogP contribution in [0.5, 0.6) is 0 Å². The fraction of sp³-hybridized carbons (Fsp3) is 0.423. The van der Waals surface area contributed by atoms with Crippen molar-refractivity contribution in [3.63, 3.8) is 0 Å². The number of hydrogen-bond acceptors (Lipinski definition) is 3. The van der Waals surface area contributed by atoms with Gasteiger partial charge in [0.25, 0.3) is 0 Å². The van der Waals surface area contributed by atoms with Crippen molar-refractivity contribution in [2.75, 3.05) is 0 Å². The van der Waals surface area contributed by atoms with Gasteiger partial charge in [0.1, 0.15) is 0 Å². The van der Waals surface area contributed by atoms with Crippen molar-refractivity contribution in [1.82, 2.24) is 4.98 Å². The molecule has 0 aliphatic heterocycles. The molecule has 4 rings (SSSR count). The molecule has 2 aliphatic carbocycles. The van der Waals surface area contributed by atoms with Crippen molar-refractivity contribution in [3.8, 4) is 0 Å². The van der Waals surface area contributed by atoms with Gasteiger partial charge in [0.15, 0.2) is 0 Å². The number of nitrogens with zero attached hydrogens (tertiary/aromatic N) is 1. The third-order valence-electron chi connectivity index (χ3n) is 6.52. The molecule has 1 aromatic heterocycles. The van der Waals surface area contributed by atoms with Crippen molar-refractivity contribution in [2.45, 2.75) is 51.2 Å². The van der Waals surface area contributed by atoms with Gasteiger partial charge in [0.05, 0.1) is 12.2 Å². The molecule has 0 amide bonds. The van der Waals surface area contributed by atoms with E-state index in [2.05, 4.69) is 54.4 Å². The third kappa shape index (κ3) is 5.04. The first kappa shape index (κ1) is 20.1. The Kier molecular flexibility index (Phi) is 6.27. The van der Waals surface area contributed by atoms with Gasteiger partial charge in [0, 0.05) is 24.7 Å². The van der Waals surface area contributed by atoms with Gasteiger partial charge >= 0.3 is 0 Å². The van der Waals surface area contributed by atoms with Crippen LogP contribution in [0.25, 0.3) is 0 Å². The predicted molar refractivity (Wildman–Crippen MR) is 116 cm³/mol. The van der Waals surface area contributed by atoms with E-state index >= 15 is 0 Å². The number of pyridine rings is 1. The van der Waals surface area contributed by atoms with Gasteiger partial charge < -0.3 is 10.2 Å². The van der Waals surface area contributed by atoms with Crippen LogP contribution in [-0.4, -0.2) is 27.4 Å². The van der Waals surface area contributed by atoms with E-state index in [-0.39, 0.29) is 12.0 Å². The Labute approximate surface area is 173 Å². The van der Waals surface area contributed by atoms with E-state index in [4.69, 9.17) is 0 Å². The summed E-state index contributed by atoms with van der Waals surface area (Å²) in [6.07, 6.45) is 13.9. The van der Waals surface area contributed by atoms with E-state index in [0.717, 1.165) is 31.2 Å². The van der Waals surface area contributed by atoms with Gasteiger partial charge in [-0.25, -0.2) is 0 Å². The number of hydrogen-bond donors (Lipinski definition) is 2. The fourth-order valence-electron chi connectivity index (χ4n) is 5.05. The van der Waals surface area contributed by atoms with Crippen LogP contribution >= 0.6 is 0 Å². The van der Waals surface area contributed by atoms with E-state index in [1.54, 1.807) is 0 Å². The molecule has 29 heavy (non-hydrogen) atoms. The molecule has 5 atom stereocenters. The van der Waals surface area contributed by atoms with Crippen LogP contribution < -0.4 is 0 Å². The van der Waals surface area contributed by atoms with E-state index in [1.165, 1.54) is 16.7 Å². The zero-order chi connectivity index (χ0) is 20.2. The van der Waals surface area contributed by atoms with E-state index in [0.29, 0.717) is 18.3 Å². The Morgan fingerprint density at radius 3 is 2.76 bits per heavy atom. The maximum atomic E-state index is 10.6. The minimum atomic E-state index is -0.511. The zero-order valence-electron chi connectivity index (χ0n) is 17.1. The lowest BCUT2D eigenvalue weighted by molar-refractivity contribution is 0.140. The molecule has 0 spiro atoms. The molecular weight excluding hydrogens is 358 g/mol. The molecule has 1 fully saturated rings. The summed E-state index contributed by atoms with van der Waals surface area (Å²) in [5, 5.41) is 21.0. The van der Waals surface area contributed by atoms with Gasteiger partial charge in [-0.2, -0.15) is 0 Å². The van der Waals surface area contributed by atoms with E-state index < -0.39 is 6.10 Å². The molecule has 0 radical (unpaired) electrons. The third-order valence-corrected chi connectivity index (χ3v) is 6.52. The summed E-state index contributed by atoms with van der Waals surface area (Å²) < 4.78 is 0. The number of rotatable bonds is 7. The molecule has 3 nitrogen and oxygen atoms in total. The lowest BCUT2D eigenvalue weighted by Crippen LogP contribution is -2.18. The number of allylic oxidation sites excluding steroid dienone is 2. The number of aliphatic hydroxyl groups is 2. The molecule has 0 unspecified atom stereocenters. The summed E-state index contributed by atoms with van der Waals surface area (Å²) in [5.41, 5.74) is 5.20. The first-order chi connectivity index (χ1) is 14.1. The Bertz CT molecular complexity index is 873. The molecule has 2 aromatic rings. The van der Waals surface area contributed by atoms with Crippen LogP contribution in [0.1, 0.15) is 36.0 Å². The molecule has 2 aliphatic rings.